The lowest BCUT2D eigenvalue weighted by Gasteiger charge is -2.15. The maximum Gasteiger partial charge on any atom is 0.326 e. The van der Waals surface area contributed by atoms with E-state index in [9.17, 15) is 39.0 Å². The molecule has 0 rings (SSSR count). The van der Waals surface area contributed by atoms with E-state index in [1.54, 1.807) is 7.05 Å². The Morgan fingerprint density at radius 1 is 0.591 bits per heavy atom. The molecule has 254 valence electrons. The van der Waals surface area contributed by atoms with Crippen LogP contribution in [0.3, 0.4) is 0 Å². The molecule has 17 nitrogen and oxygen atoms in total. The quantitative estimate of drug-likeness (QED) is 0.0441. The highest BCUT2D eigenvalue weighted by Crippen LogP contribution is 2.04. The van der Waals surface area contributed by atoms with Gasteiger partial charge in [0.2, 0.25) is 23.6 Å². The Morgan fingerprint density at radius 3 is 1.64 bits per heavy atom. The topological polar surface area (TPSA) is 240 Å². The molecule has 0 fully saturated rings. The van der Waals surface area contributed by atoms with Crippen LogP contribution < -0.4 is 26.6 Å². The van der Waals surface area contributed by atoms with E-state index in [2.05, 4.69) is 26.6 Å². The number of amides is 4. The fourth-order valence-corrected chi connectivity index (χ4v) is 3.47. The Morgan fingerprint density at radius 2 is 1.11 bits per heavy atom. The van der Waals surface area contributed by atoms with Gasteiger partial charge in [-0.15, -0.1) is 0 Å². The van der Waals surface area contributed by atoms with Gasteiger partial charge < -0.3 is 55.7 Å². The van der Waals surface area contributed by atoms with E-state index in [1.165, 1.54) is 6.92 Å². The lowest BCUT2D eigenvalue weighted by Crippen LogP contribution is -2.43. The van der Waals surface area contributed by atoms with Crippen LogP contribution in [0.15, 0.2) is 0 Å². The molecule has 0 unspecified atom stereocenters. The van der Waals surface area contributed by atoms with Gasteiger partial charge in [-0.05, 0) is 26.3 Å². The monoisotopic (exact) mass is 635 g/mol. The van der Waals surface area contributed by atoms with Crippen LogP contribution in [0, 0.1) is 0 Å². The van der Waals surface area contributed by atoms with Crippen molar-refractivity contribution >= 4 is 35.6 Å². The van der Waals surface area contributed by atoms with E-state index in [4.69, 9.17) is 18.9 Å². The van der Waals surface area contributed by atoms with Crippen LogP contribution in [0.4, 0.5) is 0 Å². The summed E-state index contributed by atoms with van der Waals surface area (Å²) in [5.41, 5.74) is 0. The van der Waals surface area contributed by atoms with E-state index in [1.807, 2.05) is 0 Å². The summed E-state index contributed by atoms with van der Waals surface area (Å²) in [6.45, 7) is 3.40. The molecule has 0 aromatic carbocycles. The Labute approximate surface area is 257 Å². The first-order valence-corrected chi connectivity index (χ1v) is 14.6. The minimum Gasteiger partial charge on any atom is -0.480 e. The van der Waals surface area contributed by atoms with Crippen LogP contribution in [0.5, 0.6) is 0 Å². The summed E-state index contributed by atoms with van der Waals surface area (Å²) >= 11 is 0. The molecule has 0 spiro atoms. The first-order chi connectivity index (χ1) is 21.1. The van der Waals surface area contributed by atoms with Gasteiger partial charge in [-0.25, -0.2) is 9.59 Å². The van der Waals surface area contributed by atoms with Crippen molar-refractivity contribution in [2.24, 2.45) is 0 Å². The van der Waals surface area contributed by atoms with Crippen molar-refractivity contribution in [1.29, 1.82) is 0 Å². The summed E-state index contributed by atoms with van der Waals surface area (Å²) < 4.78 is 20.9. The van der Waals surface area contributed by atoms with Crippen molar-refractivity contribution in [3.8, 4) is 0 Å². The molecule has 0 heterocycles. The van der Waals surface area contributed by atoms with Gasteiger partial charge in [-0.1, -0.05) is 12.8 Å². The van der Waals surface area contributed by atoms with Gasteiger partial charge in [0.15, 0.2) is 0 Å². The van der Waals surface area contributed by atoms with Gasteiger partial charge in [0.05, 0.1) is 39.6 Å². The van der Waals surface area contributed by atoms with Crippen molar-refractivity contribution < 1.29 is 57.9 Å². The number of carboxylic acids is 2. The molecular weight excluding hydrogens is 586 g/mol. The molecular formula is C27H49N5O12. The lowest BCUT2D eigenvalue weighted by atomic mass is 10.1. The minimum absolute atomic E-state index is 0.0648. The van der Waals surface area contributed by atoms with Crippen LogP contribution in [-0.2, 0) is 47.7 Å². The predicted molar refractivity (Wildman–Crippen MR) is 156 cm³/mol. The van der Waals surface area contributed by atoms with E-state index < -0.39 is 41.7 Å². The van der Waals surface area contributed by atoms with Crippen molar-refractivity contribution in [3.63, 3.8) is 0 Å². The fraction of sp³-hybridized carbons (Fsp3) is 0.778. The number of nitrogens with one attached hydrogen (secondary N) is 5. The second-order valence-corrected chi connectivity index (χ2v) is 9.57. The molecule has 44 heavy (non-hydrogen) atoms. The zero-order valence-electron chi connectivity index (χ0n) is 25.7. The Hall–Kier alpha value is -3.38. The summed E-state index contributed by atoms with van der Waals surface area (Å²) in [4.78, 5) is 69.5. The molecule has 17 heteroatoms. The van der Waals surface area contributed by atoms with Gasteiger partial charge in [0.25, 0.3) is 0 Å². The minimum atomic E-state index is -1.27. The van der Waals surface area contributed by atoms with Crippen molar-refractivity contribution in [2.45, 2.75) is 57.5 Å². The molecule has 0 aromatic heterocycles. The predicted octanol–water partition coefficient (Wildman–Crippen LogP) is -2.00. The van der Waals surface area contributed by atoms with Gasteiger partial charge in [0, 0.05) is 33.0 Å². The number of unbranched alkanes of at least 4 members (excludes halogenated alkanes) is 2. The Kier molecular flexibility index (Phi) is 25.1. The maximum absolute atomic E-state index is 12.0. The number of carbonyl (C=O) groups excluding carboxylic acids is 4. The SMILES string of the molecule is CNCCOCCOCC(=O)N[C@@H](CCC(=O)NCCOCCOCC(=O)N[C@@H](CCCCCNC(C)=O)C(=O)O)C(=O)O. The number of aliphatic carboxylic acids is 2. The normalized spacial score (nSPS) is 12.1. The Bertz CT molecular complexity index is 861. The van der Waals surface area contributed by atoms with Crippen LogP contribution >= 0.6 is 0 Å². The second-order valence-electron chi connectivity index (χ2n) is 9.57. The Balaban J connectivity index is 3.93. The third kappa shape index (κ3) is 25.1. The molecule has 0 radical (unpaired) electrons. The van der Waals surface area contributed by atoms with Gasteiger partial charge in [-0.2, -0.15) is 0 Å². The zero-order chi connectivity index (χ0) is 33.0. The molecule has 4 amide bonds. The molecule has 0 aliphatic heterocycles. The van der Waals surface area contributed by atoms with E-state index in [0.717, 1.165) is 0 Å². The molecule has 0 aliphatic rings. The standard InChI is InChI=1S/C27H49N5O12/c1-20(33)29-9-5-3-4-6-21(26(37)38)31-24(35)18-44-17-15-42-13-11-30-23(34)8-7-22(27(39)40)32-25(36)19-43-16-14-41-12-10-28-2/h21-22,28H,3-19H2,1-2H3,(H,29,33)(H,30,34)(H,31,35)(H,32,36)(H,37,38)(H,39,40)/t21-,22-/m0/s1. The first-order valence-electron chi connectivity index (χ1n) is 14.6. The van der Waals surface area contributed by atoms with Crippen LogP contribution in [0.1, 0.15) is 45.4 Å². The second kappa shape index (κ2) is 27.2. The highest BCUT2D eigenvalue weighted by molar-refractivity contribution is 5.85. The summed E-state index contributed by atoms with van der Waals surface area (Å²) in [7, 11) is 1.79. The molecule has 0 aliphatic carbocycles. The number of rotatable bonds is 29. The third-order valence-corrected chi connectivity index (χ3v) is 5.75. The van der Waals surface area contributed by atoms with E-state index in [-0.39, 0.29) is 71.4 Å². The molecule has 0 bridgehead atoms. The molecule has 2 atom stereocenters. The van der Waals surface area contributed by atoms with Crippen molar-refractivity contribution in [3.05, 3.63) is 0 Å². The number of carbonyl (C=O) groups is 6. The van der Waals surface area contributed by atoms with Crippen LogP contribution in [0.2, 0.25) is 0 Å². The van der Waals surface area contributed by atoms with E-state index in [0.29, 0.717) is 45.6 Å². The van der Waals surface area contributed by atoms with Crippen molar-refractivity contribution in [2.75, 3.05) is 79.5 Å². The third-order valence-electron chi connectivity index (χ3n) is 5.75. The average molecular weight is 636 g/mol. The highest BCUT2D eigenvalue weighted by atomic mass is 16.5. The van der Waals surface area contributed by atoms with Gasteiger partial charge >= 0.3 is 11.9 Å². The summed E-state index contributed by atoms with van der Waals surface area (Å²) in [6.07, 6.45) is 2.00. The molecule has 7 N–H and O–H groups in total. The lowest BCUT2D eigenvalue weighted by molar-refractivity contribution is -0.143. The van der Waals surface area contributed by atoms with Gasteiger partial charge in [-0.3, -0.25) is 19.2 Å². The smallest absolute Gasteiger partial charge is 0.326 e. The summed E-state index contributed by atoms with van der Waals surface area (Å²) in [5, 5.41) is 31.5. The van der Waals surface area contributed by atoms with Gasteiger partial charge in [0.1, 0.15) is 25.3 Å². The fourth-order valence-electron chi connectivity index (χ4n) is 3.47. The number of hydrogen-bond acceptors (Lipinski definition) is 11. The van der Waals surface area contributed by atoms with Crippen molar-refractivity contribution in [1.82, 2.24) is 26.6 Å². The first kappa shape index (κ1) is 40.6. The summed E-state index contributed by atoms with van der Waals surface area (Å²) in [5.74, 6) is -4.14. The largest absolute Gasteiger partial charge is 0.480 e. The highest BCUT2D eigenvalue weighted by Gasteiger charge is 2.21. The zero-order valence-corrected chi connectivity index (χ0v) is 25.7. The number of hydrogen-bond donors (Lipinski definition) is 7. The maximum atomic E-state index is 12.0. The number of ether oxygens (including phenoxy) is 4. The molecule has 0 aromatic rings. The van der Waals surface area contributed by atoms with E-state index >= 15 is 0 Å². The molecule has 0 saturated heterocycles. The average Bonchev–Trinajstić information content (AvgIpc) is 2.96. The van der Waals surface area contributed by atoms with Crippen LogP contribution in [-0.4, -0.2) is 137 Å². The summed E-state index contributed by atoms with van der Waals surface area (Å²) in [6, 6.07) is -2.28. The number of carboxylic acid groups (broad SMARTS) is 2. The van der Waals surface area contributed by atoms with Crippen LogP contribution in [0.25, 0.3) is 0 Å². The number of likely N-dealkylation sites (N-methyl/N-ethyl adjacent to an activating group) is 1. The molecule has 0 saturated carbocycles.